The van der Waals surface area contributed by atoms with E-state index >= 15 is 0 Å². The third-order valence-corrected chi connectivity index (χ3v) is 4.38. The van der Waals surface area contributed by atoms with E-state index in [9.17, 15) is 18.0 Å². The van der Waals surface area contributed by atoms with Gasteiger partial charge in [0.2, 0.25) is 0 Å². The second-order valence-corrected chi connectivity index (χ2v) is 6.63. The minimum atomic E-state index is -4.50. The van der Waals surface area contributed by atoms with Crippen LogP contribution in [0.15, 0.2) is 53.4 Å². The maximum absolute atomic E-state index is 13.0. The van der Waals surface area contributed by atoms with Crippen molar-refractivity contribution in [2.75, 3.05) is 25.2 Å². The predicted octanol–water partition coefficient (Wildman–Crippen LogP) is 3.08. The van der Waals surface area contributed by atoms with Crippen molar-refractivity contribution in [2.45, 2.75) is 17.6 Å². The summed E-state index contributed by atoms with van der Waals surface area (Å²) in [6.07, 6.45) is -2.50. The SMILES string of the molecule is CSc1ccc(C[NH+](C)CC(=O)Nc2ccccc2C(F)(F)F)cc1. The van der Waals surface area contributed by atoms with E-state index in [4.69, 9.17) is 0 Å². The summed E-state index contributed by atoms with van der Waals surface area (Å²) in [5, 5.41) is 2.37. The van der Waals surface area contributed by atoms with Crippen LogP contribution in [0.3, 0.4) is 0 Å². The van der Waals surface area contributed by atoms with Gasteiger partial charge >= 0.3 is 6.18 Å². The van der Waals surface area contributed by atoms with E-state index in [1.165, 1.54) is 18.2 Å². The summed E-state index contributed by atoms with van der Waals surface area (Å²) in [4.78, 5) is 14.1. The average molecular weight is 369 g/mol. The fourth-order valence-electron chi connectivity index (χ4n) is 2.46. The maximum Gasteiger partial charge on any atom is 0.418 e. The number of quaternary nitrogens is 1. The zero-order valence-corrected chi connectivity index (χ0v) is 14.8. The number of hydrogen-bond acceptors (Lipinski definition) is 2. The molecule has 2 N–H and O–H groups in total. The minimum Gasteiger partial charge on any atom is -0.326 e. The summed E-state index contributed by atoms with van der Waals surface area (Å²) in [6, 6.07) is 13.0. The number of para-hydroxylation sites is 1. The highest BCUT2D eigenvalue weighted by Gasteiger charge is 2.33. The predicted molar refractivity (Wildman–Crippen MR) is 93.8 cm³/mol. The number of rotatable bonds is 6. The van der Waals surface area contributed by atoms with Crippen molar-refractivity contribution in [2.24, 2.45) is 0 Å². The average Bonchev–Trinajstić information content (AvgIpc) is 2.54. The molecule has 0 fully saturated rings. The number of alkyl halides is 3. The Bertz CT molecular complexity index is 717. The Morgan fingerprint density at radius 2 is 1.76 bits per heavy atom. The van der Waals surface area contributed by atoms with Gasteiger partial charge in [-0.25, -0.2) is 0 Å². The molecule has 1 unspecified atom stereocenters. The highest BCUT2D eigenvalue weighted by Crippen LogP contribution is 2.34. The molecule has 0 aliphatic carbocycles. The molecule has 1 amide bonds. The third-order valence-electron chi connectivity index (χ3n) is 3.63. The lowest BCUT2D eigenvalue weighted by Crippen LogP contribution is -3.08. The topological polar surface area (TPSA) is 33.5 Å². The van der Waals surface area contributed by atoms with Crippen LogP contribution >= 0.6 is 11.8 Å². The van der Waals surface area contributed by atoms with Crippen molar-refractivity contribution in [1.82, 2.24) is 0 Å². The Hall–Kier alpha value is -1.99. The van der Waals surface area contributed by atoms with Crippen LogP contribution in [0.5, 0.6) is 0 Å². The molecule has 0 radical (unpaired) electrons. The van der Waals surface area contributed by atoms with E-state index in [1.54, 1.807) is 11.8 Å². The molecular formula is C18H20F3N2OS+. The summed E-state index contributed by atoms with van der Waals surface area (Å²) in [6.45, 7) is 0.694. The standard InChI is InChI=1S/C18H19F3N2OS/c1-23(11-13-7-9-14(25-2)10-8-13)12-17(24)22-16-6-4-3-5-15(16)18(19,20)21/h3-10H,11-12H2,1-2H3,(H,22,24)/p+1. The van der Waals surface area contributed by atoms with Gasteiger partial charge in [0.25, 0.3) is 5.91 Å². The smallest absolute Gasteiger partial charge is 0.326 e. The molecule has 0 bridgehead atoms. The first-order valence-electron chi connectivity index (χ1n) is 7.70. The van der Waals surface area contributed by atoms with Crippen LogP contribution in [0, 0.1) is 0 Å². The number of carbonyl (C=O) groups excluding carboxylic acids is 1. The van der Waals surface area contributed by atoms with Crippen molar-refractivity contribution in [3.05, 3.63) is 59.7 Å². The first kappa shape index (κ1) is 19.3. The van der Waals surface area contributed by atoms with Gasteiger partial charge < -0.3 is 10.2 Å². The number of benzene rings is 2. The van der Waals surface area contributed by atoms with Gasteiger partial charge in [0.15, 0.2) is 6.54 Å². The number of anilines is 1. The second-order valence-electron chi connectivity index (χ2n) is 5.75. The molecule has 2 aromatic carbocycles. The molecule has 0 saturated carbocycles. The Balaban J connectivity index is 1.96. The molecule has 2 aromatic rings. The molecule has 0 aliphatic rings. The molecule has 25 heavy (non-hydrogen) atoms. The van der Waals surface area contributed by atoms with E-state index in [-0.39, 0.29) is 12.2 Å². The first-order chi connectivity index (χ1) is 11.8. The second kappa shape index (κ2) is 8.40. The molecule has 0 aromatic heterocycles. The zero-order chi connectivity index (χ0) is 18.4. The zero-order valence-electron chi connectivity index (χ0n) is 14.0. The van der Waals surface area contributed by atoms with Crippen LogP contribution in [0.2, 0.25) is 0 Å². The third kappa shape index (κ3) is 5.79. The van der Waals surface area contributed by atoms with E-state index in [2.05, 4.69) is 5.32 Å². The van der Waals surface area contributed by atoms with Gasteiger partial charge in [-0.2, -0.15) is 13.2 Å². The number of carbonyl (C=O) groups is 1. The lowest BCUT2D eigenvalue weighted by molar-refractivity contribution is -0.885. The number of nitrogens with one attached hydrogen (secondary N) is 2. The molecule has 0 spiro atoms. The Morgan fingerprint density at radius 1 is 1.12 bits per heavy atom. The Kier molecular flexibility index (Phi) is 6.50. The Labute approximate surface area is 149 Å². The number of likely N-dealkylation sites (N-methyl/N-ethyl adjacent to an activating group) is 1. The largest absolute Gasteiger partial charge is 0.418 e. The van der Waals surface area contributed by atoms with Gasteiger partial charge in [-0.15, -0.1) is 11.8 Å². The van der Waals surface area contributed by atoms with E-state index in [0.29, 0.717) is 6.54 Å². The molecule has 134 valence electrons. The van der Waals surface area contributed by atoms with Gasteiger partial charge in [0.05, 0.1) is 18.3 Å². The molecule has 0 heterocycles. The van der Waals surface area contributed by atoms with Gasteiger partial charge in [0, 0.05) is 10.5 Å². The molecule has 3 nitrogen and oxygen atoms in total. The first-order valence-corrected chi connectivity index (χ1v) is 8.92. The van der Waals surface area contributed by atoms with Crippen LogP contribution in [0.1, 0.15) is 11.1 Å². The number of halogens is 3. The van der Waals surface area contributed by atoms with Crippen molar-refractivity contribution in [3.8, 4) is 0 Å². The van der Waals surface area contributed by atoms with Crippen molar-refractivity contribution < 1.29 is 22.9 Å². The van der Waals surface area contributed by atoms with Gasteiger partial charge in [-0.3, -0.25) is 4.79 Å². The minimum absolute atomic E-state index is 0.0798. The fraction of sp³-hybridized carbons (Fsp3) is 0.278. The highest BCUT2D eigenvalue weighted by atomic mass is 32.2. The Morgan fingerprint density at radius 3 is 2.36 bits per heavy atom. The molecule has 7 heteroatoms. The van der Waals surface area contributed by atoms with Crippen LogP contribution in [-0.2, 0) is 17.5 Å². The van der Waals surface area contributed by atoms with Crippen molar-refractivity contribution in [1.29, 1.82) is 0 Å². The van der Waals surface area contributed by atoms with E-state index in [0.717, 1.165) is 21.4 Å². The summed E-state index contributed by atoms with van der Waals surface area (Å²) in [7, 11) is 1.83. The summed E-state index contributed by atoms with van der Waals surface area (Å²) < 4.78 is 38.9. The van der Waals surface area contributed by atoms with Gasteiger partial charge in [0.1, 0.15) is 6.54 Å². The molecule has 0 aliphatic heterocycles. The van der Waals surface area contributed by atoms with Crippen LogP contribution in [0.4, 0.5) is 18.9 Å². The normalized spacial score (nSPS) is 12.7. The molecule has 0 saturated heterocycles. The van der Waals surface area contributed by atoms with Crippen LogP contribution in [0.25, 0.3) is 0 Å². The molecule has 2 rings (SSSR count). The fourth-order valence-corrected chi connectivity index (χ4v) is 2.87. The number of hydrogen-bond donors (Lipinski definition) is 2. The van der Waals surface area contributed by atoms with Gasteiger partial charge in [-0.05, 0) is 30.5 Å². The maximum atomic E-state index is 13.0. The number of amides is 1. The summed E-state index contributed by atoms with van der Waals surface area (Å²) in [5.41, 5.74) is 0.0181. The molecular weight excluding hydrogens is 349 g/mol. The van der Waals surface area contributed by atoms with E-state index < -0.39 is 17.6 Å². The van der Waals surface area contributed by atoms with E-state index in [1.807, 2.05) is 37.6 Å². The quantitative estimate of drug-likeness (QED) is 0.768. The van der Waals surface area contributed by atoms with Crippen molar-refractivity contribution >= 4 is 23.4 Å². The number of thioether (sulfide) groups is 1. The molecule has 1 atom stereocenters. The van der Waals surface area contributed by atoms with Crippen LogP contribution < -0.4 is 10.2 Å². The van der Waals surface area contributed by atoms with Gasteiger partial charge in [-0.1, -0.05) is 24.3 Å². The lowest BCUT2D eigenvalue weighted by Gasteiger charge is -2.16. The van der Waals surface area contributed by atoms with Crippen LogP contribution in [-0.4, -0.2) is 25.8 Å². The summed E-state index contributed by atoms with van der Waals surface area (Å²) in [5.74, 6) is -0.449. The monoisotopic (exact) mass is 369 g/mol. The summed E-state index contributed by atoms with van der Waals surface area (Å²) >= 11 is 1.65. The lowest BCUT2D eigenvalue weighted by atomic mass is 10.1. The van der Waals surface area contributed by atoms with Crippen molar-refractivity contribution in [3.63, 3.8) is 0 Å². The highest BCUT2D eigenvalue weighted by molar-refractivity contribution is 7.98.